The highest BCUT2D eigenvalue weighted by Gasteiger charge is 2.16. The summed E-state index contributed by atoms with van der Waals surface area (Å²) < 4.78 is 7.33. The second-order valence-electron chi connectivity index (χ2n) is 7.26. The van der Waals surface area contributed by atoms with Crippen molar-refractivity contribution in [2.24, 2.45) is 0 Å². The topological polar surface area (TPSA) is 73.1 Å². The lowest BCUT2D eigenvalue weighted by atomic mass is 10.1. The lowest BCUT2D eigenvalue weighted by Crippen LogP contribution is -2.21. The van der Waals surface area contributed by atoms with Gasteiger partial charge in [0, 0.05) is 49.1 Å². The first kappa shape index (κ1) is 21.6. The van der Waals surface area contributed by atoms with Crippen LogP contribution in [0.4, 0.5) is 0 Å². The smallest absolute Gasteiger partial charge is 0.253 e. The number of thioether (sulfide) groups is 1. The van der Waals surface area contributed by atoms with Crippen molar-refractivity contribution in [3.8, 4) is 22.8 Å². The SMILES string of the molecule is COc1ccc(-n2c(SCc3ccc(C(=O)N(C)C)cc3)nnc2-c2ccncc2)cc1. The van der Waals surface area contributed by atoms with Crippen molar-refractivity contribution < 1.29 is 9.53 Å². The zero-order valence-corrected chi connectivity index (χ0v) is 18.9. The maximum absolute atomic E-state index is 12.1. The molecule has 1 amide bonds. The summed E-state index contributed by atoms with van der Waals surface area (Å²) in [6.45, 7) is 0. The molecule has 0 aliphatic rings. The van der Waals surface area contributed by atoms with Crippen LogP contribution in [0, 0.1) is 0 Å². The Labute approximate surface area is 191 Å². The molecule has 0 saturated heterocycles. The third-order valence-electron chi connectivity index (χ3n) is 4.88. The Balaban J connectivity index is 1.62. The van der Waals surface area contributed by atoms with Gasteiger partial charge in [-0.2, -0.15) is 0 Å². The first-order valence-electron chi connectivity index (χ1n) is 10.0. The van der Waals surface area contributed by atoms with Gasteiger partial charge in [-0.05, 0) is 54.1 Å². The molecule has 162 valence electrons. The minimum Gasteiger partial charge on any atom is -0.497 e. The summed E-state index contributed by atoms with van der Waals surface area (Å²) in [5.74, 6) is 2.22. The molecule has 4 rings (SSSR count). The maximum atomic E-state index is 12.1. The number of carbonyl (C=O) groups is 1. The van der Waals surface area contributed by atoms with Gasteiger partial charge in [0.2, 0.25) is 0 Å². The Kier molecular flexibility index (Phi) is 6.51. The molecule has 0 aliphatic heterocycles. The van der Waals surface area contributed by atoms with E-state index in [0.29, 0.717) is 11.3 Å². The number of hydrogen-bond donors (Lipinski definition) is 0. The van der Waals surface area contributed by atoms with Crippen LogP contribution in [0.2, 0.25) is 0 Å². The van der Waals surface area contributed by atoms with Gasteiger partial charge in [-0.25, -0.2) is 0 Å². The molecule has 2 heterocycles. The molecular weight excluding hydrogens is 422 g/mol. The van der Waals surface area contributed by atoms with Gasteiger partial charge >= 0.3 is 0 Å². The summed E-state index contributed by atoms with van der Waals surface area (Å²) in [4.78, 5) is 17.8. The van der Waals surface area contributed by atoms with Gasteiger partial charge in [0.1, 0.15) is 5.75 Å². The van der Waals surface area contributed by atoms with Crippen molar-refractivity contribution in [2.75, 3.05) is 21.2 Å². The quantitative estimate of drug-likeness (QED) is 0.394. The number of carbonyl (C=O) groups excluding carboxylic acids is 1. The van der Waals surface area contributed by atoms with E-state index < -0.39 is 0 Å². The Morgan fingerprint density at radius 1 is 0.969 bits per heavy atom. The highest BCUT2D eigenvalue weighted by atomic mass is 32.2. The van der Waals surface area contributed by atoms with Gasteiger partial charge in [0.15, 0.2) is 11.0 Å². The fourth-order valence-electron chi connectivity index (χ4n) is 3.17. The van der Waals surface area contributed by atoms with Crippen LogP contribution >= 0.6 is 11.8 Å². The molecule has 4 aromatic rings. The number of pyridine rings is 1. The monoisotopic (exact) mass is 445 g/mol. The van der Waals surface area contributed by atoms with Gasteiger partial charge in [0.25, 0.3) is 5.91 Å². The first-order chi connectivity index (χ1) is 15.6. The molecule has 0 N–H and O–H groups in total. The highest BCUT2D eigenvalue weighted by Crippen LogP contribution is 2.30. The largest absolute Gasteiger partial charge is 0.497 e. The maximum Gasteiger partial charge on any atom is 0.253 e. The normalized spacial score (nSPS) is 10.7. The first-order valence-corrected chi connectivity index (χ1v) is 11.0. The summed E-state index contributed by atoms with van der Waals surface area (Å²) >= 11 is 1.59. The van der Waals surface area contributed by atoms with E-state index in [1.165, 1.54) is 0 Å². The molecule has 7 nitrogen and oxygen atoms in total. The molecule has 2 aromatic heterocycles. The number of aromatic nitrogens is 4. The number of methoxy groups -OCH3 is 1. The van der Waals surface area contributed by atoms with E-state index in [0.717, 1.165) is 33.5 Å². The van der Waals surface area contributed by atoms with Crippen LogP contribution in [0.15, 0.2) is 78.2 Å². The highest BCUT2D eigenvalue weighted by molar-refractivity contribution is 7.98. The van der Waals surface area contributed by atoms with E-state index in [-0.39, 0.29) is 5.91 Å². The zero-order valence-electron chi connectivity index (χ0n) is 18.1. The molecule has 0 spiro atoms. The van der Waals surface area contributed by atoms with Crippen molar-refractivity contribution >= 4 is 17.7 Å². The van der Waals surface area contributed by atoms with E-state index >= 15 is 0 Å². The van der Waals surface area contributed by atoms with E-state index in [2.05, 4.69) is 15.2 Å². The third-order valence-corrected chi connectivity index (χ3v) is 5.88. The summed E-state index contributed by atoms with van der Waals surface area (Å²) in [6.07, 6.45) is 3.48. The zero-order chi connectivity index (χ0) is 22.5. The molecule has 0 radical (unpaired) electrons. The second-order valence-corrected chi connectivity index (χ2v) is 8.20. The Bertz CT molecular complexity index is 1190. The molecule has 0 bridgehead atoms. The van der Waals surface area contributed by atoms with Gasteiger partial charge in [-0.1, -0.05) is 23.9 Å². The van der Waals surface area contributed by atoms with Crippen molar-refractivity contribution in [3.63, 3.8) is 0 Å². The number of amides is 1. The molecule has 0 aliphatic carbocycles. The van der Waals surface area contributed by atoms with Gasteiger partial charge in [-0.15, -0.1) is 10.2 Å². The van der Waals surface area contributed by atoms with E-state index in [1.807, 2.05) is 65.2 Å². The number of benzene rings is 2. The molecule has 0 saturated carbocycles. The molecule has 8 heteroatoms. The molecule has 32 heavy (non-hydrogen) atoms. The second kappa shape index (κ2) is 9.65. The van der Waals surface area contributed by atoms with E-state index in [1.54, 1.807) is 50.3 Å². The summed E-state index contributed by atoms with van der Waals surface area (Å²) in [6, 6.07) is 19.3. The molecule has 0 unspecified atom stereocenters. The van der Waals surface area contributed by atoms with Gasteiger partial charge < -0.3 is 9.64 Å². The van der Waals surface area contributed by atoms with Crippen molar-refractivity contribution in [2.45, 2.75) is 10.9 Å². The number of nitrogens with zero attached hydrogens (tertiary/aromatic N) is 5. The molecule has 0 atom stereocenters. The fraction of sp³-hybridized carbons (Fsp3) is 0.167. The standard InChI is InChI=1S/C24H23N5O2S/c1-28(2)23(30)19-6-4-17(5-7-19)16-32-24-27-26-22(18-12-14-25-15-13-18)29(24)20-8-10-21(31-3)11-9-20/h4-15H,16H2,1-3H3. The minimum atomic E-state index is -0.00885. The summed E-state index contributed by atoms with van der Waals surface area (Å²) in [5.41, 5.74) is 3.64. The van der Waals surface area contributed by atoms with Crippen molar-refractivity contribution in [1.29, 1.82) is 0 Å². The third kappa shape index (κ3) is 4.65. The predicted molar refractivity (Wildman–Crippen MR) is 125 cm³/mol. The molecule has 2 aromatic carbocycles. The number of rotatable bonds is 7. The number of hydrogen-bond acceptors (Lipinski definition) is 6. The van der Waals surface area contributed by atoms with Crippen LogP contribution in [-0.4, -0.2) is 51.8 Å². The van der Waals surface area contributed by atoms with Crippen LogP contribution in [0.5, 0.6) is 5.75 Å². The van der Waals surface area contributed by atoms with Crippen LogP contribution < -0.4 is 4.74 Å². The van der Waals surface area contributed by atoms with Crippen LogP contribution in [-0.2, 0) is 5.75 Å². The lowest BCUT2D eigenvalue weighted by molar-refractivity contribution is 0.0827. The number of ether oxygens (including phenoxy) is 1. The predicted octanol–water partition coefficient (Wildman–Crippen LogP) is 4.33. The fourth-order valence-corrected chi connectivity index (χ4v) is 4.07. The Morgan fingerprint density at radius 2 is 1.66 bits per heavy atom. The van der Waals surface area contributed by atoms with Gasteiger partial charge in [-0.3, -0.25) is 14.3 Å². The average molecular weight is 446 g/mol. The van der Waals surface area contributed by atoms with E-state index in [4.69, 9.17) is 4.74 Å². The van der Waals surface area contributed by atoms with Crippen molar-refractivity contribution in [3.05, 3.63) is 84.2 Å². The average Bonchev–Trinajstić information content (AvgIpc) is 3.27. The van der Waals surface area contributed by atoms with Gasteiger partial charge in [0.05, 0.1) is 7.11 Å². The summed E-state index contributed by atoms with van der Waals surface area (Å²) in [5, 5.41) is 9.69. The summed E-state index contributed by atoms with van der Waals surface area (Å²) in [7, 11) is 5.14. The van der Waals surface area contributed by atoms with E-state index in [9.17, 15) is 4.79 Å². The molecular formula is C24H23N5O2S. The Morgan fingerprint density at radius 3 is 2.28 bits per heavy atom. The van der Waals surface area contributed by atoms with Crippen LogP contribution in [0.25, 0.3) is 17.1 Å². The molecule has 0 fully saturated rings. The Hall–Kier alpha value is -3.65. The minimum absolute atomic E-state index is 0.00885. The van der Waals surface area contributed by atoms with Crippen LogP contribution in [0.3, 0.4) is 0 Å². The lowest BCUT2D eigenvalue weighted by Gasteiger charge is -2.12. The van der Waals surface area contributed by atoms with Crippen molar-refractivity contribution in [1.82, 2.24) is 24.6 Å². The van der Waals surface area contributed by atoms with Crippen LogP contribution in [0.1, 0.15) is 15.9 Å².